The van der Waals surface area contributed by atoms with Gasteiger partial charge in [0.15, 0.2) is 0 Å². The molecule has 1 unspecified atom stereocenters. The van der Waals surface area contributed by atoms with Gasteiger partial charge in [-0.05, 0) is 12.8 Å². The van der Waals surface area contributed by atoms with E-state index in [1.54, 1.807) is 18.6 Å². The third-order valence-electron chi connectivity index (χ3n) is 4.49. The van der Waals surface area contributed by atoms with Crippen LogP contribution in [0.2, 0.25) is 0 Å². The number of rotatable bonds is 1. The zero-order valence-electron chi connectivity index (χ0n) is 11.3. The monoisotopic (exact) mass is 352 g/mol. The van der Waals surface area contributed by atoms with Gasteiger partial charge in [0, 0.05) is 28.4 Å². The Morgan fingerprint density at radius 1 is 1.48 bits per heavy atom. The van der Waals surface area contributed by atoms with Crippen molar-refractivity contribution in [2.45, 2.75) is 18.9 Å². The maximum absolute atomic E-state index is 11.8. The Morgan fingerprint density at radius 3 is 3.19 bits per heavy atom. The quantitative estimate of drug-likeness (QED) is 0.440. The Hall–Kier alpha value is -1.51. The number of amidine groups is 1. The van der Waals surface area contributed by atoms with Gasteiger partial charge in [-0.25, -0.2) is 4.79 Å². The van der Waals surface area contributed by atoms with Crippen LogP contribution in [0, 0.1) is 5.92 Å². The summed E-state index contributed by atoms with van der Waals surface area (Å²) < 4.78 is 5.78. The van der Waals surface area contributed by atoms with Gasteiger partial charge in [0.1, 0.15) is 18.5 Å². The first-order chi connectivity index (χ1) is 10.1. The van der Waals surface area contributed by atoms with Crippen LogP contribution < -0.4 is 5.84 Å². The highest BCUT2D eigenvalue weighted by Gasteiger charge is 2.47. The van der Waals surface area contributed by atoms with Gasteiger partial charge in [-0.1, -0.05) is 0 Å². The van der Waals surface area contributed by atoms with E-state index in [0.29, 0.717) is 17.9 Å². The number of amides is 1. The third kappa shape index (κ3) is 1.82. The molecule has 0 aliphatic carbocycles. The first kappa shape index (κ1) is 13.2. The van der Waals surface area contributed by atoms with Crippen molar-refractivity contribution in [2.75, 3.05) is 13.2 Å². The van der Waals surface area contributed by atoms with Crippen molar-refractivity contribution in [3.63, 3.8) is 0 Å². The molecule has 3 atom stereocenters. The van der Waals surface area contributed by atoms with Crippen molar-refractivity contribution in [3.8, 4) is 0 Å². The highest BCUT2D eigenvalue weighted by atomic mass is 79.9. The largest absolute Gasteiger partial charge is 0.447 e. The zero-order chi connectivity index (χ0) is 14.6. The molecule has 0 spiro atoms. The highest BCUT2D eigenvalue weighted by molar-refractivity contribution is 9.18. The number of ether oxygens (including phenoxy) is 1. The first-order valence-electron chi connectivity index (χ1n) is 6.90. The topological polar surface area (TPSA) is 80.3 Å². The Morgan fingerprint density at radius 2 is 2.33 bits per heavy atom. The molecule has 0 aromatic carbocycles. The van der Waals surface area contributed by atoms with Gasteiger partial charge in [-0.2, -0.15) is 10.8 Å². The lowest BCUT2D eigenvalue weighted by Gasteiger charge is -2.32. The molecule has 4 aliphatic rings. The van der Waals surface area contributed by atoms with Crippen LogP contribution >= 0.6 is 15.9 Å². The predicted octanol–water partition coefficient (Wildman–Crippen LogP) is 1.44. The lowest BCUT2D eigenvalue weighted by molar-refractivity contribution is -0.746. The van der Waals surface area contributed by atoms with Crippen LogP contribution in [0.3, 0.4) is 0 Å². The van der Waals surface area contributed by atoms with Crippen LogP contribution in [0.1, 0.15) is 12.8 Å². The van der Waals surface area contributed by atoms with Gasteiger partial charge < -0.3 is 9.64 Å². The number of hydrogen-bond donors (Lipinski definition) is 1. The van der Waals surface area contributed by atoms with E-state index in [1.165, 1.54) is 0 Å². The number of allylic oxidation sites excluding steroid dienone is 1. The van der Waals surface area contributed by atoms with Crippen LogP contribution in [-0.4, -0.2) is 45.7 Å². The minimum atomic E-state index is -0.220. The second-order valence-electron chi connectivity index (χ2n) is 5.66. The summed E-state index contributed by atoms with van der Waals surface area (Å²) in [5.74, 6) is 6.52. The second kappa shape index (κ2) is 4.49. The number of piperidine rings is 1. The van der Waals surface area contributed by atoms with E-state index >= 15 is 0 Å². The summed E-state index contributed by atoms with van der Waals surface area (Å²) in [6, 6.07) is 0.213. The Bertz CT molecular complexity index is 640. The Labute approximate surface area is 130 Å². The van der Waals surface area contributed by atoms with Crippen LogP contribution in [0.15, 0.2) is 33.8 Å². The van der Waals surface area contributed by atoms with Crippen molar-refractivity contribution < 1.29 is 14.1 Å². The summed E-state index contributed by atoms with van der Waals surface area (Å²) in [7, 11) is 0. The second-order valence-corrected chi connectivity index (χ2v) is 6.37. The molecule has 0 aromatic rings. The van der Waals surface area contributed by atoms with E-state index in [4.69, 9.17) is 10.6 Å². The summed E-state index contributed by atoms with van der Waals surface area (Å²) >= 11 is 3.45. The van der Waals surface area contributed by atoms with E-state index in [1.807, 2.05) is 4.90 Å². The molecular weight excluding hydrogens is 338 g/mol. The van der Waals surface area contributed by atoms with Crippen molar-refractivity contribution in [3.05, 3.63) is 23.8 Å². The molecule has 2 N–H and O–H groups in total. The molecule has 8 heteroatoms. The number of carbonyl (C=O) groups excluding carboxylic acids is 1. The number of fused-ring (bicyclic) bond motifs is 2. The summed E-state index contributed by atoms with van der Waals surface area (Å²) in [4.78, 5) is 22.3. The SMILES string of the molecule is N[N+]12C=CN=CC1=C([C@H]1CC[C@@H]3COC(=O)N3C1)N=C2Br. The predicted molar refractivity (Wildman–Crippen MR) is 80.0 cm³/mol. The van der Waals surface area contributed by atoms with E-state index in [9.17, 15) is 4.79 Å². The summed E-state index contributed by atoms with van der Waals surface area (Å²) in [6.45, 7) is 1.13. The Balaban J connectivity index is 1.68. The molecule has 2 saturated heterocycles. The molecule has 4 aliphatic heterocycles. The number of aliphatic imine (C=N–C) groups is 2. The minimum absolute atomic E-state index is 0.0171. The molecule has 110 valence electrons. The van der Waals surface area contributed by atoms with Crippen molar-refractivity contribution in [1.29, 1.82) is 0 Å². The highest BCUT2D eigenvalue weighted by Crippen LogP contribution is 2.39. The molecule has 4 heterocycles. The number of hydrogen-bond acceptors (Lipinski definition) is 5. The van der Waals surface area contributed by atoms with Crippen LogP contribution in [0.4, 0.5) is 4.79 Å². The number of cyclic esters (lactones) is 1. The summed E-state index contributed by atoms with van der Waals surface area (Å²) in [6.07, 6.45) is 6.88. The maximum Gasteiger partial charge on any atom is 0.410 e. The van der Waals surface area contributed by atoms with Crippen molar-refractivity contribution in [2.24, 2.45) is 21.7 Å². The normalized spacial score (nSPS) is 37.5. The number of quaternary nitrogens is 1. The number of nitrogens with zero attached hydrogens (tertiary/aromatic N) is 4. The lowest BCUT2D eigenvalue weighted by atomic mass is 9.90. The van der Waals surface area contributed by atoms with Gasteiger partial charge in [0.2, 0.25) is 5.70 Å². The molecule has 0 radical (unpaired) electrons. The average molecular weight is 353 g/mol. The number of carbonyl (C=O) groups is 1. The van der Waals surface area contributed by atoms with Crippen molar-refractivity contribution >= 4 is 33.0 Å². The fourth-order valence-electron chi connectivity index (χ4n) is 3.29. The van der Waals surface area contributed by atoms with Crippen LogP contribution in [0.25, 0.3) is 0 Å². The smallest absolute Gasteiger partial charge is 0.410 e. The molecular formula is C13H15BrN5O2+. The standard InChI is InChI=1S/C13H15BrN5O2/c14-12-17-11(10-5-16-3-4-19(10,12)15)8-1-2-9-7-21-13(20)18(9)6-8/h3-5,8-9H,1-2,6-7,15H2/q+1/t8-,9+,19?/m0/s1. The third-order valence-corrected chi connectivity index (χ3v) is 5.25. The molecule has 0 saturated carbocycles. The average Bonchev–Trinajstić information content (AvgIpc) is 2.98. The molecule has 0 bridgehead atoms. The van der Waals surface area contributed by atoms with Gasteiger partial charge in [0.25, 0.3) is 0 Å². The molecule has 4 rings (SSSR count). The first-order valence-corrected chi connectivity index (χ1v) is 7.70. The van der Waals surface area contributed by atoms with Gasteiger partial charge >= 0.3 is 10.8 Å². The molecule has 21 heavy (non-hydrogen) atoms. The Kier molecular flexibility index (Phi) is 2.82. The van der Waals surface area contributed by atoms with Gasteiger partial charge in [-0.3, -0.25) is 4.99 Å². The molecule has 1 amide bonds. The van der Waals surface area contributed by atoms with E-state index in [2.05, 4.69) is 25.9 Å². The fraction of sp³-hybridized carbons (Fsp3) is 0.462. The fourth-order valence-corrected chi connectivity index (χ4v) is 3.79. The van der Waals surface area contributed by atoms with E-state index in [-0.39, 0.29) is 22.6 Å². The molecule has 2 fully saturated rings. The number of nitrogens with two attached hydrogens (primary N) is 1. The summed E-state index contributed by atoms with van der Waals surface area (Å²) in [5, 5.41) is 0. The maximum atomic E-state index is 11.8. The van der Waals surface area contributed by atoms with Crippen LogP contribution in [0.5, 0.6) is 0 Å². The summed E-state index contributed by atoms with van der Waals surface area (Å²) in [5.41, 5.74) is 1.77. The number of halogens is 1. The molecule has 7 nitrogen and oxygen atoms in total. The van der Waals surface area contributed by atoms with Crippen molar-refractivity contribution in [1.82, 2.24) is 4.90 Å². The lowest BCUT2D eigenvalue weighted by Crippen LogP contribution is -2.50. The van der Waals surface area contributed by atoms with Crippen LogP contribution in [-0.2, 0) is 4.74 Å². The van der Waals surface area contributed by atoms with Gasteiger partial charge in [0.05, 0.1) is 18.5 Å². The van der Waals surface area contributed by atoms with Gasteiger partial charge in [-0.15, -0.1) is 4.59 Å². The van der Waals surface area contributed by atoms with E-state index in [0.717, 1.165) is 24.2 Å². The zero-order valence-corrected chi connectivity index (χ0v) is 12.9. The molecule has 0 aromatic heterocycles. The minimum Gasteiger partial charge on any atom is -0.447 e. The van der Waals surface area contributed by atoms with E-state index < -0.39 is 0 Å².